The van der Waals surface area contributed by atoms with Crippen LogP contribution in [0.25, 0.3) is 0 Å². The minimum absolute atomic E-state index is 0.272. The van der Waals surface area contributed by atoms with Gasteiger partial charge in [-0.05, 0) is 37.2 Å². The first-order valence-corrected chi connectivity index (χ1v) is 7.75. The molecule has 0 heterocycles. The first-order valence-electron chi connectivity index (χ1n) is 7.75. The van der Waals surface area contributed by atoms with Crippen molar-refractivity contribution in [3.8, 4) is 0 Å². The van der Waals surface area contributed by atoms with Crippen molar-refractivity contribution in [3.05, 3.63) is 35.9 Å². The van der Waals surface area contributed by atoms with Gasteiger partial charge in [-0.25, -0.2) is 0 Å². The second-order valence-electron chi connectivity index (χ2n) is 5.61. The van der Waals surface area contributed by atoms with Gasteiger partial charge in [0.05, 0.1) is 0 Å². The van der Waals surface area contributed by atoms with E-state index in [0.717, 1.165) is 38.5 Å². The van der Waals surface area contributed by atoms with E-state index in [2.05, 4.69) is 51.1 Å². The Labute approximate surface area is 118 Å². The van der Waals surface area contributed by atoms with E-state index < -0.39 is 0 Å². The number of benzene rings is 1. The quantitative estimate of drug-likeness (QED) is 0.608. The van der Waals surface area contributed by atoms with Crippen molar-refractivity contribution in [2.45, 2.75) is 59.3 Å². The van der Waals surface area contributed by atoms with Crippen LogP contribution in [-0.2, 0) is 11.2 Å². The fourth-order valence-corrected chi connectivity index (χ4v) is 2.75. The molecule has 0 bridgehead atoms. The summed E-state index contributed by atoms with van der Waals surface area (Å²) in [4.78, 5) is 12.2. The Hall–Kier alpha value is -1.11. The SMILES string of the molecule is CCCC(=O)[C@H](CCC)[C@@H](C)CCc1ccccc1. The molecule has 0 N–H and O–H groups in total. The predicted molar refractivity (Wildman–Crippen MR) is 82.2 cm³/mol. The molecule has 1 heteroatoms. The molecule has 2 atom stereocenters. The number of aryl methyl sites for hydroxylation is 1. The largest absolute Gasteiger partial charge is 0.299 e. The molecule has 0 radical (unpaired) electrons. The highest BCUT2D eigenvalue weighted by atomic mass is 16.1. The molecule has 1 aromatic carbocycles. The molecule has 0 saturated heterocycles. The molecule has 0 aliphatic carbocycles. The fourth-order valence-electron chi connectivity index (χ4n) is 2.75. The molecule has 0 saturated carbocycles. The lowest BCUT2D eigenvalue weighted by Crippen LogP contribution is -2.22. The average Bonchev–Trinajstić information content (AvgIpc) is 2.43. The van der Waals surface area contributed by atoms with Crippen molar-refractivity contribution in [1.82, 2.24) is 0 Å². The van der Waals surface area contributed by atoms with Crippen molar-refractivity contribution in [1.29, 1.82) is 0 Å². The average molecular weight is 260 g/mol. The van der Waals surface area contributed by atoms with E-state index in [4.69, 9.17) is 0 Å². The first-order chi connectivity index (χ1) is 9.19. The number of ketones is 1. The van der Waals surface area contributed by atoms with Crippen molar-refractivity contribution in [2.75, 3.05) is 0 Å². The van der Waals surface area contributed by atoms with Gasteiger partial charge in [0, 0.05) is 12.3 Å². The van der Waals surface area contributed by atoms with Crippen LogP contribution >= 0.6 is 0 Å². The van der Waals surface area contributed by atoms with Crippen LogP contribution < -0.4 is 0 Å². The molecule has 19 heavy (non-hydrogen) atoms. The van der Waals surface area contributed by atoms with E-state index in [1.807, 2.05) is 0 Å². The third kappa shape index (κ3) is 5.59. The van der Waals surface area contributed by atoms with Gasteiger partial charge in [-0.1, -0.05) is 57.5 Å². The molecule has 0 amide bonds. The lowest BCUT2D eigenvalue weighted by Gasteiger charge is -2.22. The summed E-state index contributed by atoms with van der Waals surface area (Å²) in [5.74, 6) is 1.25. The van der Waals surface area contributed by atoms with Crippen molar-refractivity contribution in [3.63, 3.8) is 0 Å². The monoisotopic (exact) mass is 260 g/mol. The van der Waals surface area contributed by atoms with Gasteiger partial charge in [0.25, 0.3) is 0 Å². The molecule has 0 unspecified atom stereocenters. The van der Waals surface area contributed by atoms with Crippen molar-refractivity contribution >= 4 is 5.78 Å². The summed E-state index contributed by atoms with van der Waals surface area (Å²) < 4.78 is 0. The minimum atomic E-state index is 0.272. The lowest BCUT2D eigenvalue weighted by atomic mass is 9.81. The number of Topliss-reactive ketones (excluding diaryl/α,β-unsaturated/α-hetero) is 1. The topological polar surface area (TPSA) is 17.1 Å². The Morgan fingerprint density at radius 2 is 1.74 bits per heavy atom. The molecule has 106 valence electrons. The fraction of sp³-hybridized carbons (Fsp3) is 0.611. The zero-order valence-corrected chi connectivity index (χ0v) is 12.7. The van der Waals surface area contributed by atoms with Gasteiger partial charge in [0.1, 0.15) is 5.78 Å². The summed E-state index contributed by atoms with van der Waals surface area (Å²) in [6, 6.07) is 10.6. The molecule has 0 aromatic heterocycles. The normalized spacial score (nSPS) is 14.1. The molecule has 1 nitrogen and oxygen atoms in total. The molecule has 0 aliphatic heterocycles. The van der Waals surface area contributed by atoms with Crippen molar-refractivity contribution in [2.24, 2.45) is 11.8 Å². The van der Waals surface area contributed by atoms with E-state index in [-0.39, 0.29) is 5.92 Å². The second kappa shape index (κ2) is 8.90. The van der Waals surface area contributed by atoms with Crippen LogP contribution in [0.4, 0.5) is 0 Å². The standard InChI is InChI=1S/C18H28O/c1-4-9-17(18(19)10-5-2)15(3)13-14-16-11-7-6-8-12-16/h6-8,11-12,15,17H,4-5,9-10,13-14H2,1-3H3/t15-,17+/m0/s1. The van der Waals surface area contributed by atoms with E-state index in [9.17, 15) is 4.79 Å². The molecular formula is C18H28O. The Balaban J connectivity index is 2.52. The summed E-state index contributed by atoms with van der Waals surface area (Å²) in [5, 5.41) is 0. The van der Waals surface area contributed by atoms with Crippen LogP contribution in [0.15, 0.2) is 30.3 Å². The van der Waals surface area contributed by atoms with Gasteiger partial charge in [0.2, 0.25) is 0 Å². The summed E-state index contributed by atoms with van der Waals surface area (Å²) in [5.41, 5.74) is 1.38. The van der Waals surface area contributed by atoms with Gasteiger partial charge < -0.3 is 0 Å². The van der Waals surface area contributed by atoms with E-state index in [1.165, 1.54) is 5.56 Å². The third-order valence-corrected chi connectivity index (χ3v) is 3.93. The van der Waals surface area contributed by atoms with Gasteiger partial charge in [-0.2, -0.15) is 0 Å². The predicted octanol–water partition coefficient (Wildman–Crippen LogP) is 5.04. The number of rotatable bonds is 9. The van der Waals surface area contributed by atoms with Crippen LogP contribution in [0.2, 0.25) is 0 Å². The molecule has 1 rings (SSSR count). The first kappa shape index (κ1) is 15.9. The van der Waals surface area contributed by atoms with Gasteiger partial charge in [-0.3, -0.25) is 4.79 Å². The number of carbonyl (C=O) groups excluding carboxylic acids is 1. The van der Waals surface area contributed by atoms with Gasteiger partial charge in [0.15, 0.2) is 0 Å². The maximum absolute atomic E-state index is 12.2. The highest BCUT2D eigenvalue weighted by Crippen LogP contribution is 2.25. The lowest BCUT2D eigenvalue weighted by molar-refractivity contribution is -0.124. The van der Waals surface area contributed by atoms with Crippen LogP contribution in [0.1, 0.15) is 58.4 Å². The highest BCUT2D eigenvalue weighted by molar-refractivity contribution is 5.81. The Kier molecular flexibility index (Phi) is 7.47. The van der Waals surface area contributed by atoms with Gasteiger partial charge in [-0.15, -0.1) is 0 Å². The third-order valence-electron chi connectivity index (χ3n) is 3.93. The van der Waals surface area contributed by atoms with E-state index >= 15 is 0 Å². The summed E-state index contributed by atoms with van der Waals surface area (Å²) in [6.45, 7) is 6.52. The smallest absolute Gasteiger partial charge is 0.136 e. The Morgan fingerprint density at radius 3 is 2.32 bits per heavy atom. The number of hydrogen-bond acceptors (Lipinski definition) is 1. The maximum atomic E-state index is 12.2. The van der Waals surface area contributed by atoms with Crippen molar-refractivity contribution < 1.29 is 4.79 Å². The van der Waals surface area contributed by atoms with E-state index in [0.29, 0.717) is 11.7 Å². The second-order valence-corrected chi connectivity index (χ2v) is 5.61. The molecule has 0 spiro atoms. The maximum Gasteiger partial charge on any atom is 0.136 e. The minimum Gasteiger partial charge on any atom is -0.299 e. The highest BCUT2D eigenvalue weighted by Gasteiger charge is 2.22. The molecule has 0 aliphatic rings. The summed E-state index contributed by atoms with van der Waals surface area (Å²) in [6.07, 6.45) is 6.08. The van der Waals surface area contributed by atoms with Crippen LogP contribution in [-0.4, -0.2) is 5.78 Å². The molecular weight excluding hydrogens is 232 g/mol. The summed E-state index contributed by atoms with van der Waals surface area (Å²) >= 11 is 0. The van der Waals surface area contributed by atoms with Gasteiger partial charge >= 0.3 is 0 Å². The molecule has 0 fully saturated rings. The number of carbonyl (C=O) groups is 1. The van der Waals surface area contributed by atoms with E-state index in [1.54, 1.807) is 0 Å². The zero-order valence-electron chi connectivity index (χ0n) is 12.7. The number of hydrogen-bond donors (Lipinski definition) is 0. The Bertz CT molecular complexity index is 355. The van der Waals surface area contributed by atoms with Crippen LogP contribution in [0.5, 0.6) is 0 Å². The van der Waals surface area contributed by atoms with Crippen LogP contribution in [0.3, 0.4) is 0 Å². The zero-order chi connectivity index (χ0) is 14.1. The summed E-state index contributed by atoms with van der Waals surface area (Å²) in [7, 11) is 0. The Morgan fingerprint density at radius 1 is 1.05 bits per heavy atom. The van der Waals surface area contributed by atoms with Crippen LogP contribution in [0, 0.1) is 11.8 Å². The molecule has 1 aromatic rings.